The summed E-state index contributed by atoms with van der Waals surface area (Å²) in [6.45, 7) is 3.38. The molecular formula is C21H33N3O8. The number of hydrogen-bond acceptors (Lipinski definition) is 7. The molecule has 4 amide bonds. The Morgan fingerprint density at radius 3 is 2.25 bits per heavy atom. The lowest BCUT2D eigenvalue weighted by Gasteiger charge is -2.17. The Hall–Kier alpha value is -2.79. The van der Waals surface area contributed by atoms with Gasteiger partial charge in [-0.25, -0.2) is 0 Å². The number of rotatable bonds is 18. The molecule has 3 N–H and O–H groups in total. The van der Waals surface area contributed by atoms with Crippen LogP contribution in [0.15, 0.2) is 12.2 Å². The van der Waals surface area contributed by atoms with E-state index in [9.17, 15) is 24.0 Å². The normalized spacial score (nSPS) is 14.0. The molecule has 0 saturated heterocycles. The number of ether oxygens (including phenoxy) is 2. The predicted octanol–water partition coefficient (Wildman–Crippen LogP) is -0.00930. The number of hydrogen-bond donors (Lipinski definition) is 3. The number of nitrogens with one attached hydrogen (secondary N) is 2. The summed E-state index contributed by atoms with van der Waals surface area (Å²) in [6, 6.07) is -0.632. The third-order valence-electron chi connectivity index (χ3n) is 4.62. The molecule has 1 unspecified atom stereocenters. The van der Waals surface area contributed by atoms with Crippen LogP contribution in [0.2, 0.25) is 0 Å². The minimum Gasteiger partial charge on any atom is -0.481 e. The maximum atomic E-state index is 12.2. The molecule has 0 aromatic carbocycles. The number of imide groups is 1. The summed E-state index contributed by atoms with van der Waals surface area (Å²) >= 11 is 0. The van der Waals surface area contributed by atoms with Crippen molar-refractivity contribution in [2.75, 3.05) is 39.5 Å². The van der Waals surface area contributed by atoms with Crippen molar-refractivity contribution < 1.29 is 38.6 Å². The lowest BCUT2D eigenvalue weighted by atomic mass is 10.1. The van der Waals surface area contributed by atoms with Crippen LogP contribution in [0.5, 0.6) is 0 Å². The summed E-state index contributed by atoms with van der Waals surface area (Å²) in [7, 11) is 0. The SMILES string of the molecule is CCC(NC(=O)CCCCCN1C(=O)C=CC1=O)C(=O)NCCOCCOCCC(=O)O. The molecule has 1 aliphatic heterocycles. The van der Waals surface area contributed by atoms with Crippen molar-refractivity contribution in [3.05, 3.63) is 12.2 Å². The molecule has 0 spiro atoms. The van der Waals surface area contributed by atoms with E-state index in [1.165, 1.54) is 17.1 Å². The van der Waals surface area contributed by atoms with Gasteiger partial charge in [-0.15, -0.1) is 0 Å². The number of amides is 4. The molecule has 0 bridgehead atoms. The molecule has 11 heteroatoms. The smallest absolute Gasteiger partial charge is 0.305 e. The standard InChI is InChI=1S/C21H33N3O8/c1-2-16(21(30)22-10-13-32-15-14-31-12-9-20(28)29)23-17(25)6-4-3-5-11-24-18(26)7-8-19(24)27/h7-8,16H,2-6,9-15H2,1H3,(H,22,30)(H,23,25)(H,28,29). The Morgan fingerprint density at radius 1 is 0.969 bits per heavy atom. The average Bonchev–Trinajstić information content (AvgIpc) is 3.07. The Kier molecular flexibility index (Phi) is 13.6. The van der Waals surface area contributed by atoms with Crippen molar-refractivity contribution >= 4 is 29.6 Å². The number of aliphatic carboxylic acids is 1. The second-order valence-corrected chi connectivity index (χ2v) is 7.16. The van der Waals surface area contributed by atoms with E-state index in [1.54, 1.807) is 6.92 Å². The predicted molar refractivity (Wildman–Crippen MR) is 113 cm³/mol. The van der Waals surface area contributed by atoms with E-state index >= 15 is 0 Å². The van der Waals surface area contributed by atoms with Crippen molar-refractivity contribution in [2.45, 2.75) is 51.5 Å². The first kappa shape index (κ1) is 27.2. The molecule has 32 heavy (non-hydrogen) atoms. The summed E-state index contributed by atoms with van der Waals surface area (Å²) in [6.07, 6.45) is 5.04. The molecule has 1 atom stereocenters. The minimum absolute atomic E-state index is 0.0570. The molecule has 180 valence electrons. The van der Waals surface area contributed by atoms with Gasteiger partial charge < -0.3 is 25.2 Å². The highest BCUT2D eigenvalue weighted by Gasteiger charge is 2.22. The van der Waals surface area contributed by atoms with Crippen molar-refractivity contribution in [2.24, 2.45) is 0 Å². The van der Waals surface area contributed by atoms with Gasteiger partial charge in [-0.1, -0.05) is 13.3 Å². The Bertz CT molecular complexity index is 662. The molecule has 11 nitrogen and oxygen atoms in total. The molecule has 0 aromatic rings. The number of carbonyl (C=O) groups is 5. The van der Waals surface area contributed by atoms with E-state index in [1.807, 2.05) is 0 Å². The molecule has 1 rings (SSSR count). The summed E-state index contributed by atoms with van der Waals surface area (Å²) in [4.78, 5) is 58.7. The molecule has 0 fully saturated rings. The van der Waals surface area contributed by atoms with Gasteiger partial charge in [0.2, 0.25) is 11.8 Å². The minimum atomic E-state index is -0.920. The molecule has 1 aliphatic rings. The van der Waals surface area contributed by atoms with E-state index in [2.05, 4.69) is 10.6 Å². The summed E-state index contributed by atoms with van der Waals surface area (Å²) in [5, 5.41) is 13.9. The second kappa shape index (κ2) is 15.9. The van der Waals surface area contributed by atoms with E-state index in [0.29, 0.717) is 38.8 Å². The van der Waals surface area contributed by atoms with Crippen LogP contribution < -0.4 is 10.6 Å². The number of unbranched alkanes of at least 4 members (excludes halogenated alkanes) is 2. The van der Waals surface area contributed by atoms with Gasteiger partial charge >= 0.3 is 5.97 Å². The maximum absolute atomic E-state index is 12.2. The van der Waals surface area contributed by atoms with Gasteiger partial charge in [0.25, 0.3) is 11.8 Å². The van der Waals surface area contributed by atoms with Crippen LogP contribution >= 0.6 is 0 Å². The van der Waals surface area contributed by atoms with E-state index in [0.717, 1.165) is 0 Å². The van der Waals surface area contributed by atoms with E-state index in [4.69, 9.17) is 14.6 Å². The van der Waals surface area contributed by atoms with Gasteiger partial charge in [-0.3, -0.25) is 28.9 Å². The van der Waals surface area contributed by atoms with Crippen molar-refractivity contribution in [3.8, 4) is 0 Å². The van der Waals surface area contributed by atoms with Crippen LogP contribution in [0.4, 0.5) is 0 Å². The van der Waals surface area contributed by atoms with Crippen LogP contribution in [-0.2, 0) is 33.4 Å². The molecule has 0 radical (unpaired) electrons. The van der Waals surface area contributed by atoms with Crippen molar-refractivity contribution in [1.29, 1.82) is 0 Å². The van der Waals surface area contributed by atoms with Gasteiger partial charge in [0.1, 0.15) is 6.04 Å². The lowest BCUT2D eigenvalue weighted by molar-refractivity contribution is -0.139. The lowest BCUT2D eigenvalue weighted by Crippen LogP contribution is -2.47. The van der Waals surface area contributed by atoms with Crippen LogP contribution in [0, 0.1) is 0 Å². The van der Waals surface area contributed by atoms with Gasteiger partial charge in [0, 0.05) is 31.7 Å². The van der Waals surface area contributed by atoms with Gasteiger partial charge in [0.15, 0.2) is 0 Å². The highest BCUT2D eigenvalue weighted by atomic mass is 16.5. The third-order valence-corrected chi connectivity index (χ3v) is 4.62. The number of carboxylic acids is 1. The maximum Gasteiger partial charge on any atom is 0.305 e. The zero-order chi connectivity index (χ0) is 23.8. The number of nitrogens with zero attached hydrogens (tertiary/aromatic N) is 1. The highest BCUT2D eigenvalue weighted by Crippen LogP contribution is 2.08. The third kappa shape index (κ3) is 11.6. The highest BCUT2D eigenvalue weighted by molar-refractivity contribution is 6.12. The second-order valence-electron chi connectivity index (χ2n) is 7.16. The Balaban J connectivity index is 2.07. The van der Waals surface area contributed by atoms with Crippen LogP contribution in [-0.4, -0.2) is 85.2 Å². The first-order valence-corrected chi connectivity index (χ1v) is 10.8. The Labute approximate surface area is 187 Å². The fraction of sp³-hybridized carbons (Fsp3) is 0.667. The fourth-order valence-corrected chi connectivity index (χ4v) is 2.85. The summed E-state index contributed by atoms with van der Waals surface area (Å²) < 4.78 is 10.4. The zero-order valence-electron chi connectivity index (χ0n) is 18.5. The summed E-state index contributed by atoms with van der Waals surface area (Å²) in [5.41, 5.74) is 0. The fourth-order valence-electron chi connectivity index (χ4n) is 2.85. The summed E-state index contributed by atoms with van der Waals surface area (Å²) in [5.74, 6) is -2.05. The monoisotopic (exact) mass is 455 g/mol. The first-order valence-electron chi connectivity index (χ1n) is 10.8. The van der Waals surface area contributed by atoms with E-state index < -0.39 is 12.0 Å². The zero-order valence-corrected chi connectivity index (χ0v) is 18.5. The molecule has 0 saturated carbocycles. The number of carbonyl (C=O) groups excluding carboxylic acids is 4. The van der Waals surface area contributed by atoms with Gasteiger partial charge in [-0.05, 0) is 19.3 Å². The van der Waals surface area contributed by atoms with E-state index in [-0.39, 0.29) is 62.8 Å². The number of carboxylic acid groups (broad SMARTS) is 1. The van der Waals surface area contributed by atoms with Crippen LogP contribution in [0.25, 0.3) is 0 Å². The first-order chi connectivity index (χ1) is 15.3. The van der Waals surface area contributed by atoms with Gasteiger partial charge in [-0.2, -0.15) is 0 Å². The van der Waals surface area contributed by atoms with Crippen molar-refractivity contribution in [3.63, 3.8) is 0 Å². The van der Waals surface area contributed by atoms with Crippen molar-refractivity contribution in [1.82, 2.24) is 15.5 Å². The Morgan fingerprint density at radius 2 is 1.62 bits per heavy atom. The molecule has 0 aliphatic carbocycles. The average molecular weight is 456 g/mol. The van der Waals surface area contributed by atoms with Crippen LogP contribution in [0.1, 0.15) is 45.4 Å². The molecule has 0 aromatic heterocycles. The molecular weight excluding hydrogens is 422 g/mol. The van der Waals surface area contributed by atoms with Gasteiger partial charge in [0.05, 0.1) is 32.8 Å². The topological polar surface area (TPSA) is 151 Å². The molecule has 1 heterocycles. The quantitative estimate of drug-likeness (QED) is 0.193. The van der Waals surface area contributed by atoms with Crippen LogP contribution in [0.3, 0.4) is 0 Å². The largest absolute Gasteiger partial charge is 0.481 e.